The van der Waals surface area contributed by atoms with Gasteiger partial charge in [-0.25, -0.2) is 0 Å². The fraction of sp³-hybridized carbons (Fsp3) is 0.788. The molecule has 0 bridgehead atoms. The van der Waals surface area contributed by atoms with Crippen LogP contribution in [0.2, 0.25) is 0 Å². The smallest absolute Gasteiger partial charge is 0.251 e. The van der Waals surface area contributed by atoms with Crippen LogP contribution in [0.3, 0.4) is 0 Å². The second kappa shape index (κ2) is 31.9. The number of nitrogens with one attached hydrogen (secondary N) is 1. The average molecular weight is 693 g/mol. The van der Waals surface area contributed by atoms with Crippen LogP contribution in [0.1, 0.15) is 16.8 Å². The summed E-state index contributed by atoms with van der Waals surface area (Å²) in [5.41, 5.74) is 0.376. The van der Waals surface area contributed by atoms with Crippen molar-refractivity contribution in [2.45, 2.75) is 6.42 Å². The van der Waals surface area contributed by atoms with Crippen LogP contribution in [0.25, 0.3) is 0 Å². The zero-order chi connectivity index (χ0) is 34.9. The molecule has 0 aliphatic rings. The Kier molecular flexibility index (Phi) is 29.1. The van der Waals surface area contributed by atoms with Crippen molar-refractivity contribution in [2.75, 3.05) is 167 Å². The van der Waals surface area contributed by atoms with Gasteiger partial charge in [0, 0.05) is 33.4 Å². The second-order valence-electron chi connectivity index (χ2n) is 10.4. The maximum atomic E-state index is 13.2. The molecule has 1 rings (SSSR count). The summed E-state index contributed by atoms with van der Waals surface area (Å²) in [6.45, 7) is 8.56. The maximum absolute atomic E-state index is 13.2. The minimum atomic E-state index is -0.249. The Morgan fingerprint density at radius 3 is 1.27 bits per heavy atom. The lowest BCUT2D eigenvalue weighted by atomic mass is 10.1. The van der Waals surface area contributed by atoms with E-state index in [9.17, 15) is 4.79 Å². The molecule has 0 aliphatic carbocycles. The Labute approximate surface area is 286 Å². The summed E-state index contributed by atoms with van der Waals surface area (Å²) in [5, 5.41) is 2.97. The zero-order valence-electron chi connectivity index (χ0n) is 29.8. The fourth-order valence-electron chi connectivity index (χ4n) is 3.78. The summed E-state index contributed by atoms with van der Waals surface area (Å²) >= 11 is 0. The molecule has 48 heavy (non-hydrogen) atoms. The topological polar surface area (TPSA) is 143 Å². The Morgan fingerprint density at radius 2 is 0.896 bits per heavy atom. The number of nitrogens with zero attached hydrogens (tertiary/aromatic N) is 1. The molecule has 0 unspecified atom stereocenters. The van der Waals surface area contributed by atoms with Crippen molar-refractivity contribution < 1.29 is 61.6 Å². The molecule has 0 radical (unpaired) electrons. The predicted molar refractivity (Wildman–Crippen MR) is 179 cm³/mol. The van der Waals surface area contributed by atoms with Crippen LogP contribution < -0.4 is 19.5 Å². The molecular weight excluding hydrogens is 632 g/mol. The Balaban J connectivity index is 2.92. The second-order valence-corrected chi connectivity index (χ2v) is 10.4. The molecule has 0 fully saturated rings. The summed E-state index contributed by atoms with van der Waals surface area (Å²) in [4.78, 5) is 15.2. The van der Waals surface area contributed by atoms with E-state index in [4.69, 9.17) is 56.8 Å². The van der Waals surface area contributed by atoms with Gasteiger partial charge >= 0.3 is 0 Å². The molecule has 1 amide bonds. The molecule has 280 valence electrons. The number of hydrogen-bond donors (Lipinski definition) is 1. The van der Waals surface area contributed by atoms with Crippen LogP contribution >= 0.6 is 0 Å². The third kappa shape index (κ3) is 23.9. The molecule has 15 heteroatoms. The first-order valence-electron chi connectivity index (χ1n) is 16.5. The van der Waals surface area contributed by atoms with Crippen LogP contribution in [-0.4, -0.2) is 178 Å². The number of benzene rings is 1. The van der Waals surface area contributed by atoms with E-state index in [0.29, 0.717) is 128 Å². The van der Waals surface area contributed by atoms with E-state index in [2.05, 4.69) is 10.2 Å². The SMILES string of the molecule is COCCOCCOCCOc1cc(C(=O)NCCCN(C)C)cc(OCCOCCOCCOC)c1OCCOCCOCCOC. The van der Waals surface area contributed by atoms with E-state index in [1.54, 1.807) is 33.5 Å². The lowest BCUT2D eigenvalue weighted by molar-refractivity contribution is 0.0146. The van der Waals surface area contributed by atoms with Gasteiger partial charge in [-0.2, -0.15) is 0 Å². The van der Waals surface area contributed by atoms with E-state index in [1.807, 2.05) is 14.1 Å². The fourth-order valence-corrected chi connectivity index (χ4v) is 3.78. The first-order chi connectivity index (χ1) is 23.5. The molecule has 0 saturated carbocycles. The van der Waals surface area contributed by atoms with E-state index in [-0.39, 0.29) is 25.7 Å². The molecule has 1 N–H and O–H groups in total. The van der Waals surface area contributed by atoms with Gasteiger partial charge in [-0.15, -0.1) is 0 Å². The van der Waals surface area contributed by atoms with Crippen LogP contribution in [0, 0.1) is 0 Å². The number of methoxy groups -OCH3 is 3. The molecular formula is C33H60N2O13. The summed E-state index contributed by atoms with van der Waals surface area (Å²) < 4.78 is 66.4. The van der Waals surface area contributed by atoms with Crippen molar-refractivity contribution in [1.82, 2.24) is 10.2 Å². The number of hydrogen-bond acceptors (Lipinski definition) is 14. The van der Waals surface area contributed by atoms with Gasteiger partial charge in [0.2, 0.25) is 5.75 Å². The quantitative estimate of drug-likeness (QED) is 0.103. The largest absolute Gasteiger partial charge is 0.487 e. The Morgan fingerprint density at radius 1 is 0.542 bits per heavy atom. The third-order valence-corrected chi connectivity index (χ3v) is 6.21. The molecule has 0 saturated heterocycles. The van der Waals surface area contributed by atoms with Gasteiger partial charge in [-0.3, -0.25) is 4.79 Å². The number of rotatable bonds is 35. The van der Waals surface area contributed by atoms with Crippen molar-refractivity contribution in [3.05, 3.63) is 17.7 Å². The van der Waals surface area contributed by atoms with Crippen molar-refractivity contribution in [2.24, 2.45) is 0 Å². The summed E-state index contributed by atoms with van der Waals surface area (Å²) in [5.74, 6) is 0.799. The van der Waals surface area contributed by atoms with Crippen LogP contribution in [0.15, 0.2) is 12.1 Å². The Bertz CT molecular complexity index is 852. The molecule has 0 atom stereocenters. The van der Waals surface area contributed by atoms with Gasteiger partial charge in [0.25, 0.3) is 5.91 Å². The van der Waals surface area contributed by atoms with E-state index >= 15 is 0 Å². The minimum absolute atomic E-state index is 0.212. The zero-order valence-corrected chi connectivity index (χ0v) is 29.8. The van der Waals surface area contributed by atoms with E-state index < -0.39 is 0 Å². The highest BCUT2D eigenvalue weighted by molar-refractivity contribution is 5.95. The number of ether oxygens (including phenoxy) is 12. The molecule has 0 aliphatic heterocycles. The Hall–Kier alpha value is -2.31. The van der Waals surface area contributed by atoms with Crippen LogP contribution in [0.4, 0.5) is 0 Å². The summed E-state index contributed by atoms with van der Waals surface area (Å²) in [6.07, 6.45) is 0.809. The van der Waals surface area contributed by atoms with Gasteiger partial charge in [-0.1, -0.05) is 0 Å². The highest BCUT2D eigenvalue weighted by Crippen LogP contribution is 2.39. The van der Waals surface area contributed by atoms with Gasteiger partial charge in [0.1, 0.15) is 19.8 Å². The summed E-state index contributed by atoms with van der Waals surface area (Å²) in [6, 6.07) is 3.30. The lowest BCUT2D eigenvalue weighted by Crippen LogP contribution is -2.27. The first-order valence-corrected chi connectivity index (χ1v) is 16.5. The third-order valence-electron chi connectivity index (χ3n) is 6.21. The number of carbonyl (C=O) groups is 1. The van der Waals surface area contributed by atoms with Crippen molar-refractivity contribution in [1.29, 1.82) is 0 Å². The maximum Gasteiger partial charge on any atom is 0.251 e. The predicted octanol–water partition coefficient (Wildman–Crippen LogP) is 1.54. The van der Waals surface area contributed by atoms with E-state index in [0.717, 1.165) is 13.0 Å². The van der Waals surface area contributed by atoms with Crippen LogP contribution in [0.5, 0.6) is 17.2 Å². The molecule has 1 aromatic carbocycles. The molecule has 0 aromatic heterocycles. The highest BCUT2D eigenvalue weighted by atomic mass is 16.6. The molecule has 0 heterocycles. The lowest BCUT2D eigenvalue weighted by Gasteiger charge is -2.19. The highest BCUT2D eigenvalue weighted by Gasteiger charge is 2.19. The van der Waals surface area contributed by atoms with Gasteiger partial charge in [-0.05, 0) is 39.2 Å². The summed E-state index contributed by atoms with van der Waals surface area (Å²) in [7, 11) is 8.86. The van der Waals surface area contributed by atoms with Gasteiger partial charge < -0.3 is 67.1 Å². The monoisotopic (exact) mass is 692 g/mol. The minimum Gasteiger partial charge on any atom is -0.487 e. The average Bonchev–Trinajstić information content (AvgIpc) is 3.08. The number of amides is 1. The first kappa shape index (κ1) is 43.7. The van der Waals surface area contributed by atoms with Gasteiger partial charge in [0.15, 0.2) is 11.5 Å². The standard InChI is InChI=1S/C33H60N2O13/c1-35(2)8-6-7-34-33(36)29-27-30(46-24-21-43-18-15-40-12-9-37-3)32(48-26-23-45-20-17-42-14-11-39-5)31(28-29)47-25-22-44-19-16-41-13-10-38-4/h27-28H,6-26H2,1-5H3,(H,34,36). The van der Waals surface area contributed by atoms with Crippen LogP contribution in [-0.2, 0) is 42.6 Å². The molecule has 1 aromatic rings. The number of carbonyl (C=O) groups excluding carboxylic acids is 1. The van der Waals surface area contributed by atoms with Crippen molar-refractivity contribution in [3.8, 4) is 17.2 Å². The van der Waals surface area contributed by atoms with Crippen molar-refractivity contribution in [3.63, 3.8) is 0 Å². The van der Waals surface area contributed by atoms with Crippen molar-refractivity contribution >= 4 is 5.91 Å². The van der Waals surface area contributed by atoms with E-state index in [1.165, 1.54) is 0 Å². The molecule has 15 nitrogen and oxygen atoms in total. The molecule has 0 spiro atoms. The van der Waals surface area contributed by atoms with Gasteiger partial charge in [0.05, 0.1) is 99.1 Å². The normalized spacial score (nSPS) is 11.3.